The Morgan fingerprint density at radius 1 is 1.27 bits per heavy atom. The van der Waals surface area contributed by atoms with E-state index in [1.807, 2.05) is 23.1 Å². The van der Waals surface area contributed by atoms with Gasteiger partial charge in [-0.25, -0.2) is 4.39 Å². The van der Waals surface area contributed by atoms with Gasteiger partial charge in [-0.3, -0.25) is 0 Å². The van der Waals surface area contributed by atoms with Crippen molar-refractivity contribution in [2.24, 2.45) is 0 Å². The second kappa shape index (κ2) is 6.17. The first-order valence-corrected chi connectivity index (χ1v) is 7.31. The number of halogens is 1. The minimum atomic E-state index is -0.357. The quantitative estimate of drug-likeness (QED) is 0.850. The molecule has 1 heterocycles. The molecule has 0 bridgehead atoms. The zero-order chi connectivity index (χ0) is 15.5. The number of nitrogens with zero attached hydrogens (tertiary/aromatic N) is 2. The molecule has 1 saturated heterocycles. The Labute approximate surface area is 129 Å². The number of nitriles is 1. The van der Waals surface area contributed by atoms with E-state index in [-0.39, 0.29) is 11.9 Å². The average Bonchev–Trinajstić information content (AvgIpc) is 2.55. The first-order valence-electron chi connectivity index (χ1n) is 7.31. The van der Waals surface area contributed by atoms with E-state index in [4.69, 9.17) is 10.00 Å². The van der Waals surface area contributed by atoms with Crippen molar-refractivity contribution in [2.45, 2.75) is 13.0 Å². The Hall–Kier alpha value is -2.38. The summed E-state index contributed by atoms with van der Waals surface area (Å²) in [5, 5.41) is 8.83. The molecule has 1 aliphatic heterocycles. The number of ether oxygens (including phenoxy) is 1. The maximum atomic E-state index is 14.2. The highest BCUT2D eigenvalue weighted by Crippen LogP contribution is 2.29. The van der Waals surface area contributed by atoms with Crippen molar-refractivity contribution in [1.29, 1.82) is 5.26 Å². The molecule has 3 nitrogen and oxygen atoms in total. The Bertz CT molecular complexity index is 723. The number of morpholine rings is 1. The molecule has 0 saturated carbocycles. The Morgan fingerprint density at radius 3 is 2.82 bits per heavy atom. The fraction of sp³-hybridized carbons (Fsp3) is 0.278. The van der Waals surface area contributed by atoms with Gasteiger partial charge in [-0.15, -0.1) is 0 Å². The molecule has 3 rings (SSSR count). The van der Waals surface area contributed by atoms with Gasteiger partial charge in [0, 0.05) is 13.1 Å². The van der Waals surface area contributed by atoms with Crippen LogP contribution in [0.4, 0.5) is 10.1 Å². The second-order valence-electron chi connectivity index (χ2n) is 5.44. The van der Waals surface area contributed by atoms with Crippen LogP contribution in [0.15, 0.2) is 42.5 Å². The molecule has 0 N–H and O–H groups in total. The van der Waals surface area contributed by atoms with E-state index in [0.717, 1.165) is 5.56 Å². The van der Waals surface area contributed by atoms with Gasteiger partial charge < -0.3 is 9.64 Å². The lowest BCUT2D eigenvalue weighted by Gasteiger charge is -2.35. The highest BCUT2D eigenvalue weighted by molar-refractivity contribution is 5.52. The largest absolute Gasteiger partial charge is 0.370 e. The van der Waals surface area contributed by atoms with E-state index >= 15 is 0 Å². The van der Waals surface area contributed by atoms with Gasteiger partial charge >= 0.3 is 0 Å². The summed E-state index contributed by atoms with van der Waals surface area (Å²) in [6.45, 7) is 3.86. The van der Waals surface area contributed by atoms with Crippen molar-refractivity contribution in [2.75, 3.05) is 24.6 Å². The van der Waals surface area contributed by atoms with Crippen LogP contribution in [0.3, 0.4) is 0 Å². The maximum Gasteiger partial charge on any atom is 0.147 e. The third-order valence-electron chi connectivity index (χ3n) is 4.02. The predicted octanol–water partition coefficient (Wildman–Crippen LogP) is 3.58. The molecule has 2 aromatic carbocycles. The standard InChI is InChI=1S/C18H17FN2O/c1-13-4-2-3-5-15(13)18-12-21(8-9-22-18)17-7-6-14(11-20)10-16(17)19/h2-7,10,18H,8-9,12H2,1H3. The van der Waals surface area contributed by atoms with Crippen molar-refractivity contribution in [3.05, 3.63) is 65.0 Å². The van der Waals surface area contributed by atoms with Crippen molar-refractivity contribution >= 4 is 5.69 Å². The summed E-state index contributed by atoms with van der Waals surface area (Å²) in [5.41, 5.74) is 3.18. The molecule has 1 fully saturated rings. The summed E-state index contributed by atoms with van der Waals surface area (Å²) in [6.07, 6.45) is -0.0648. The highest BCUT2D eigenvalue weighted by atomic mass is 19.1. The molecule has 2 aromatic rings. The van der Waals surface area contributed by atoms with Gasteiger partial charge in [0.05, 0.1) is 23.9 Å². The third kappa shape index (κ3) is 2.81. The molecular formula is C18H17FN2O. The van der Waals surface area contributed by atoms with Crippen molar-refractivity contribution in [3.8, 4) is 6.07 Å². The minimum absolute atomic E-state index is 0.0648. The van der Waals surface area contributed by atoms with E-state index in [1.54, 1.807) is 12.1 Å². The summed E-state index contributed by atoms with van der Waals surface area (Å²) in [7, 11) is 0. The monoisotopic (exact) mass is 296 g/mol. The van der Waals surface area contributed by atoms with Crippen LogP contribution >= 0.6 is 0 Å². The van der Waals surface area contributed by atoms with Gasteiger partial charge in [0.15, 0.2) is 0 Å². The molecule has 0 aromatic heterocycles. The minimum Gasteiger partial charge on any atom is -0.370 e. The molecule has 0 amide bonds. The molecule has 0 aliphatic carbocycles. The van der Waals surface area contributed by atoms with E-state index in [2.05, 4.69) is 19.1 Å². The van der Waals surface area contributed by atoms with Gasteiger partial charge in [0.1, 0.15) is 11.9 Å². The normalized spacial score (nSPS) is 18.0. The van der Waals surface area contributed by atoms with Crippen LogP contribution in [-0.4, -0.2) is 19.7 Å². The topological polar surface area (TPSA) is 36.3 Å². The number of rotatable bonds is 2. The van der Waals surface area contributed by atoms with Crippen LogP contribution in [0.5, 0.6) is 0 Å². The first-order chi connectivity index (χ1) is 10.7. The molecule has 1 unspecified atom stereocenters. The molecular weight excluding hydrogens is 279 g/mol. The van der Waals surface area contributed by atoms with Gasteiger partial charge in [0.25, 0.3) is 0 Å². The summed E-state index contributed by atoms with van der Waals surface area (Å²) in [4.78, 5) is 1.98. The summed E-state index contributed by atoms with van der Waals surface area (Å²) in [6, 6.07) is 14.7. The Morgan fingerprint density at radius 2 is 2.09 bits per heavy atom. The molecule has 1 atom stereocenters. The zero-order valence-electron chi connectivity index (χ0n) is 12.4. The maximum absolute atomic E-state index is 14.2. The number of hydrogen-bond donors (Lipinski definition) is 0. The molecule has 4 heteroatoms. The lowest BCUT2D eigenvalue weighted by atomic mass is 10.0. The number of anilines is 1. The van der Waals surface area contributed by atoms with E-state index in [1.165, 1.54) is 11.6 Å². The van der Waals surface area contributed by atoms with Crippen LogP contribution in [0.25, 0.3) is 0 Å². The van der Waals surface area contributed by atoms with Crippen LogP contribution in [-0.2, 0) is 4.74 Å². The van der Waals surface area contributed by atoms with Gasteiger partial charge in [-0.2, -0.15) is 5.26 Å². The van der Waals surface area contributed by atoms with Crippen molar-refractivity contribution in [1.82, 2.24) is 0 Å². The number of hydrogen-bond acceptors (Lipinski definition) is 3. The molecule has 0 radical (unpaired) electrons. The van der Waals surface area contributed by atoms with Gasteiger partial charge in [-0.05, 0) is 36.2 Å². The summed E-state index contributed by atoms with van der Waals surface area (Å²) < 4.78 is 20.1. The Kier molecular flexibility index (Phi) is 4.08. The molecule has 0 spiro atoms. The zero-order valence-corrected chi connectivity index (χ0v) is 12.4. The summed E-state index contributed by atoms with van der Waals surface area (Å²) in [5.74, 6) is -0.357. The molecule has 22 heavy (non-hydrogen) atoms. The third-order valence-corrected chi connectivity index (χ3v) is 4.02. The van der Waals surface area contributed by atoms with E-state index in [9.17, 15) is 4.39 Å². The fourth-order valence-electron chi connectivity index (χ4n) is 2.84. The van der Waals surface area contributed by atoms with Crippen LogP contribution in [0.2, 0.25) is 0 Å². The van der Waals surface area contributed by atoms with E-state index in [0.29, 0.717) is 30.9 Å². The average molecular weight is 296 g/mol. The van der Waals surface area contributed by atoms with Crippen molar-refractivity contribution < 1.29 is 9.13 Å². The second-order valence-corrected chi connectivity index (χ2v) is 5.44. The SMILES string of the molecule is Cc1ccccc1C1CN(c2ccc(C#N)cc2F)CCO1. The van der Waals surface area contributed by atoms with Gasteiger partial charge in [0.2, 0.25) is 0 Å². The number of benzene rings is 2. The molecule has 112 valence electrons. The van der Waals surface area contributed by atoms with Crippen LogP contribution < -0.4 is 4.90 Å². The fourth-order valence-corrected chi connectivity index (χ4v) is 2.84. The van der Waals surface area contributed by atoms with Crippen LogP contribution in [0, 0.1) is 24.1 Å². The summed E-state index contributed by atoms with van der Waals surface area (Å²) >= 11 is 0. The lowest BCUT2D eigenvalue weighted by molar-refractivity contribution is 0.0392. The predicted molar refractivity (Wildman–Crippen MR) is 83.2 cm³/mol. The van der Waals surface area contributed by atoms with Crippen molar-refractivity contribution in [3.63, 3.8) is 0 Å². The van der Waals surface area contributed by atoms with Gasteiger partial charge in [-0.1, -0.05) is 24.3 Å². The molecule has 1 aliphatic rings. The van der Waals surface area contributed by atoms with Crippen LogP contribution in [0.1, 0.15) is 22.8 Å². The highest BCUT2D eigenvalue weighted by Gasteiger charge is 2.24. The Balaban J connectivity index is 1.85. The smallest absolute Gasteiger partial charge is 0.147 e. The number of aryl methyl sites for hydroxylation is 1. The lowest BCUT2D eigenvalue weighted by Crippen LogP contribution is -2.39. The first kappa shape index (κ1) is 14.6. The van der Waals surface area contributed by atoms with E-state index < -0.39 is 0 Å².